The van der Waals surface area contributed by atoms with E-state index in [0.717, 1.165) is 47.5 Å². The van der Waals surface area contributed by atoms with E-state index in [1.807, 2.05) is 47.7 Å². The number of fused-ring (bicyclic) bond motifs is 2. The SMILES string of the molecule is COCC(C)Oc1cccc2ccc(-c3nnc4ccc(C(C)N5CC[C@H](N)C5)cn34)nc12.Cl.Cl.Cl. The molecule has 4 heterocycles. The Balaban J connectivity index is 0.00000152. The van der Waals surface area contributed by atoms with Crippen molar-refractivity contribution in [3.05, 3.63) is 54.2 Å². The summed E-state index contributed by atoms with van der Waals surface area (Å²) in [6.07, 6.45) is 3.08. The highest BCUT2D eigenvalue weighted by atomic mass is 35.5. The molecular formula is C25H33Cl3N6O2. The number of likely N-dealkylation sites (tertiary alicyclic amines) is 1. The number of benzene rings is 1. The van der Waals surface area contributed by atoms with E-state index in [4.69, 9.17) is 20.2 Å². The minimum absolute atomic E-state index is 0. The van der Waals surface area contributed by atoms with Crippen molar-refractivity contribution in [2.75, 3.05) is 26.8 Å². The van der Waals surface area contributed by atoms with Crippen LogP contribution in [0.15, 0.2) is 48.7 Å². The molecule has 3 aromatic heterocycles. The molecule has 1 fully saturated rings. The number of methoxy groups -OCH3 is 1. The number of halogens is 3. The predicted molar refractivity (Wildman–Crippen MR) is 150 cm³/mol. The van der Waals surface area contributed by atoms with Gasteiger partial charge < -0.3 is 15.2 Å². The summed E-state index contributed by atoms with van der Waals surface area (Å²) in [5.74, 6) is 1.44. The number of ether oxygens (including phenoxy) is 2. The Bertz CT molecular complexity index is 1290. The average Bonchev–Trinajstić information content (AvgIpc) is 3.44. The van der Waals surface area contributed by atoms with Crippen molar-refractivity contribution in [2.24, 2.45) is 5.73 Å². The van der Waals surface area contributed by atoms with Gasteiger partial charge in [0.2, 0.25) is 0 Å². The van der Waals surface area contributed by atoms with E-state index in [2.05, 4.69) is 34.3 Å². The molecule has 1 aliphatic rings. The number of hydrogen-bond donors (Lipinski definition) is 1. The van der Waals surface area contributed by atoms with Crippen LogP contribution in [0.5, 0.6) is 5.75 Å². The van der Waals surface area contributed by atoms with Crippen LogP contribution in [0.1, 0.15) is 31.9 Å². The van der Waals surface area contributed by atoms with Gasteiger partial charge in [0.1, 0.15) is 23.1 Å². The summed E-state index contributed by atoms with van der Waals surface area (Å²) in [5.41, 5.74) is 9.67. The van der Waals surface area contributed by atoms with E-state index < -0.39 is 0 Å². The summed E-state index contributed by atoms with van der Waals surface area (Å²) in [6, 6.07) is 14.6. The third-order valence-corrected chi connectivity index (χ3v) is 6.35. The van der Waals surface area contributed by atoms with E-state index in [9.17, 15) is 0 Å². The summed E-state index contributed by atoms with van der Waals surface area (Å²) in [6.45, 7) is 6.65. The van der Waals surface area contributed by atoms with E-state index >= 15 is 0 Å². The highest BCUT2D eigenvalue weighted by Crippen LogP contribution is 2.29. The molecule has 0 amide bonds. The Morgan fingerprint density at radius 3 is 2.58 bits per heavy atom. The fraction of sp³-hybridized carbons (Fsp3) is 0.400. The Morgan fingerprint density at radius 2 is 1.86 bits per heavy atom. The molecule has 11 heteroatoms. The Labute approximate surface area is 229 Å². The van der Waals surface area contributed by atoms with Gasteiger partial charge in [0.25, 0.3) is 0 Å². The molecule has 0 aliphatic carbocycles. The first kappa shape index (κ1) is 30.0. The largest absolute Gasteiger partial charge is 0.486 e. The van der Waals surface area contributed by atoms with E-state index in [1.165, 1.54) is 5.56 Å². The predicted octanol–water partition coefficient (Wildman–Crippen LogP) is 4.72. The number of para-hydroxylation sites is 1. The number of nitrogens with zero attached hydrogens (tertiary/aromatic N) is 5. The first-order valence-electron chi connectivity index (χ1n) is 11.4. The van der Waals surface area contributed by atoms with Crippen molar-refractivity contribution in [3.8, 4) is 17.3 Å². The van der Waals surface area contributed by atoms with E-state index in [-0.39, 0.29) is 55.4 Å². The Hall–Kier alpha value is -2.20. The second-order valence-corrected chi connectivity index (χ2v) is 8.84. The zero-order valence-corrected chi connectivity index (χ0v) is 23.0. The van der Waals surface area contributed by atoms with Crippen molar-refractivity contribution in [1.29, 1.82) is 0 Å². The number of hydrogen-bond acceptors (Lipinski definition) is 7. The average molecular weight is 556 g/mol. The van der Waals surface area contributed by atoms with Crippen molar-refractivity contribution >= 4 is 53.8 Å². The zero-order chi connectivity index (χ0) is 22.9. The summed E-state index contributed by atoms with van der Waals surface area (Å²) in [5, 5.41) is 9.84. The number of rotatable bonds is 7. The van der Waals surface area contributed by atoms with Crippen molar-refractivity contribution in [1.82, 2.24) is 24.5 Å². The maximum Gasteiger partial charge on any atom is 0.187 e. The van der Waals surface area contributed by atoms with Crippen LogP contribution >= 0.6 is 37.2 Å². The minimum atomic E-state index is -0.0808. The molecule has 4 aromatic rings. The van der Waals surface area contributed by atoms with Gasteiger partial charge in [-0.25, -0.2) is 4.98 Å². The molecule has 36 heavy (non-hydrogen) atoms. The third kappa shape index (κ3) is 6.02. The van der Waals surface area contributed by atoms with E-state index in [1.54, 1.807) is 7.11 Å². The highest BCUT2D eigenvalue weighted by Gasteiger charge is 2.25. The smallest absolute Gasteiger partial charge is 0.187 e. The second kappa shape index (κ2) is 12.9. The topological polar surface area (TPSA) is 90.8 Å². The quantitative estimate of drug-likeness (QED) is 0.353. The van der Waals surface area contributed by atoms with Crippen LogP contribution in [-0.2, 0) is 4.74 Å². The molecule has 8 nitrogen and oxygen atoms in total. The van der Waals surface area contributed by atoms with Gasteiger partial charge in [-0.05, 0) is 44.0 Å². The molecule has 5 rings (SSSR count). The lowest BCUT2D eigenvalue weighted by Crippen LogP contribution is -2.28. The Kier molecular flexibility index (Phi) is 10.7. The number of aromatic nitrogens is 4. The lowest BCUT2D eigenvalue weighted by Gasteiger charge is -2.24. The van der Waals surface area contributed by atoms with Gasteiger partial charge in [-0.15, -0.1) is 47.4 Å². The fourth-order valence-electron chi connectivity index (χ4n) is 4.53. The second-order valence-electron chi connectivity index (χ2n) is 8.84. The monoisotopic (exact) mass is 554 g/mol. The van der Waals surface area contributed by atoms with Crippen molar-refractivity contribution < 1.29 is 9.47 Å². The first-order chi connectivity index (χ1) is 16.0. The molecule has 0 bridgehead atoms. The van der Waals surface area contributed by atoms with Gasteiger partial charge >= 0.3 is 0 Å². The van der Waals surface area contributed by atoms with Crippen molar-refractivity contribution in [2.45, 2.75) is 38.5 Å². The summed E-state index contributed by atoms with van der Waals surface area (Å²) in [7, 11) is 1.67. The van der Waals surface area contributed by atoms with Crippen LogP contribution in [0, 0.1) is 0 Å². The molecule has 0 spiro atoms. The van der Waals surface area contributed by atoms with Gasteiger partial charge in [-0.1, -0.05) is 24.3 Å². The van der Waals surface area contributed by atoms with E-state index in [0.29, 0.717) is 12.4 Å². The molecule has 3 atom stereocenters. The van der Waals surface area contributed by atoms with Gasteiger partial charge in [0.05, 0.1) is 6.61 Å². The number of pyridine rings is 2. The van der Waals surface area contributed by atoms with Gasteiger partial charge in [-0.3, -0.25) is 9.30 Å². The van der Waals surface area contributed by atoms with Crippen LogP contribution < -0.4 is 10.5 Å². The molecule has 2 unspecified atom stereocenters. The number of nitrogens with two attached hydrogens (primary N) is 1. The van der Waals surface area contributed by atoms with Gasteiger partial charge in [-0.2, -0.15) is 0 Å². The van der Waals surface area contributed by atoms with Crippen LogP contribution in [0.3, 0.4) is 0 Å². The van der Waals surface area contributed by atoms with Crippen LogP contribution in [-0.4, -0.2) is 63.4 Å². The molecular weight excluding hydrogens is 523 g/mol. The molecule has 0 radical (unpaired) electrons. The Morgan fingerprint density at radius 1 is 1.06 bits per heavy atom. The molecule has 196 valence electrons. The fourth-order valence-corrected chi connectivity index (χ4v) is 4.53. The molecule has 1 saturated heterocycles. The third-order valence-electron chi connectivity index (χ3n) is 6.35. The maximum absolute atomic E-state index is 6.13. The standard InChI is InChI=1S/C25H30N6O2.3ClH/c1-16(15-32-3)33-22-6-4-5-18-7-9-21(27-24(18)22)25-29-28-23-10-8-19(13-31(23)25)17(2)30-12-11-20(26)14-30;;;/h4-10,13,16-17,20H,11-12,14-15,26H2,1-3H3;3*1H/t16?,17?,20-;;;/m0.../s1. The van der Waals surface area contributed by atoms with Crippen LogP contribution in [0.4, 0.5) is 0 Å². The molecule has 1 aromatic carbocycles. The normalized spacial score (nSPS) is 17.2. The zero-order valence-electron chi connectivity index (χ0n) is 20.5. The van der Waals surface area contributed by atoms with Gasteiger partial charge in [0, 0.05) is 43.9 Å². The minimum Gasteiger partial charge on any atom is -0.486 e. The van der Waals surface area contributed by atoms with Crippen molar-refractivity contribution in [3.63, 3.8) is 0 Å². The first-order valence-corrected chi connectivity index (χ1v) is 11.4. The lowest BCUT2D eigenvalue weighted by atomic mass is 10.1. The summed E-state index contributed by atoms with van der Waals surface area (Å²) in [4.78, 5) is 7.35. The van der Waals surface area contributed by atoms with Crippen LogP contribution in [0.2, 0.25) is 0 Å². The summed E-state index contributed by atoms with van der Waals surface area (Å²) >= 11 is 0. The molecule has 2 N–H and O–H groups in total. The molecule has 0 saturated carbocycles. The van der Waals surface area contributed by atoms with Gasteiger partial charge in [0.15, 0.2) is 11.5 Å². The maximum atomic E-state index is 6.13. The lowest BCUT2D eigenvalue weighted by molar-refractivity contribution is 0.0930. The summed E-state index contributed by atoms with van der Waals surface area (Å²) < 4.78 is 13.3. The van der Waals surface area contributed by atoms with Crippen LogP contribution in [0.25, 0.3) is 28.1 Å². The molecule has 1 aliphatic heterocycles. The highest BCUT2D eigenvalue weighted by molar-refractivity contribution is 5.86.